The fourth-order valence-electron chi connectivity index (χ4n) is 4.41. The van der Waals surface area contributed by atoms with Gasteiger partial charge in [-0.25, -0.2) is 14.6 Å². The van der Waals surface area contributed by atoms with Crippen molar-refractivity contribution in [2.75, 3.05) is 25.0 Å². The number of likely N-dealkylation sites (tertiary alicyclic amines) is 1. The lowest BCUT2D eigenvalue weighted by molar-refractivity contribution is 0.229. The molecular weight excluding hydrogens is 450 g/mol. The van der Waals surface area contributed by atoms with Gasteiger partial charge in [-0.1, -0.05) is 24.6 Å². The Balaban J connectivity index is 1.36. The molecule has 2 N–H and O–H groups in total. The lowest BCUT2D eigenvalue weighted by Gasteiger charge is -2.32. The number of pyridine rings is 1. The molecule has 4 aromatic rings. The topological polar surface area (TPSA) is 91.7 Å². The number of anilines is 1. The Kier molecular flexibility index (Phi) is 6.34. The van der Waals surface area contributed by atoms with E-state index in [2.05, 4.69) is 32.2 Å². The van der Waals surface area contributed by atoms with Crippen molar-refractivity contribution in [3.63, 3.8) is 0 Å². The molecule has 3 aromatic heterocycles. The maximum atomic E-state index is 12.7. The summed E-state index contributed by atoms with van der Waals surface area (Å²) in [7, 11) is 0. The SMILES string of the molecule is CCN1CCC(Nc2cc3nc(Cc4ccc(-n5ccc(C)n5)nc4)[nH]c(=O)c3cc2Cl)CC1. The molecule has 0 atom stereocenters. The number of fused-ring (bicyclic) bond motifs is 1. The van der Waals surface area contributed by atoms with E-state index in [0.29, 0.717) is 34.2 Å². The summed E-state index contributed by atoms with van der Waals surface area (Å²) in [6.07, 6.45) is 6.27. The van der Waals surface area contributed by atoms with Crippen LogP contribution in [0.4, 0.5) is 5.69 Å². The van der Waals surface area contributed by atoms with Crippen molar-refractivity contribution in [1.29, 1.82) is 0 Å². The number of rotatable bonds is 6. The third kappa shape index (κ3) is 4.83. The number of aryl methyl sites for hydroxylation is 1. The molecule has 1 saturated heterocycles. The van der Waals surface area contributed by atoms with Crippen molar-refractivity contribution in [3.8, 4) is 5.82 Å². The van der Waals surface area contributed by atoms with E-state index in [0.717, 1.165) is 55.2 Å². The van der Waals surface area contributed by atoms with Gasteiger partial charge in [0.05, 0.1) is 27.3 Å². The van der Waals surface area contributed by atoms with E-state index in [1.165, 1.54) is 0 Å². The number of nitrogens with one attached hydrogen (secondary N) is 2. The Bertz CT molecular complexity index is 1350. The molecule has 176 valence electrons. The highest BCUT2D eigenvalue weighted by atomic mass is 35.5. The molecule has 0 amide bonds. The Labute approximate surface area is 203 Å². The van der Waals surface area contributed by atoms with Crippen LogP contribution < -0.4 is 10.9 Å². The minimum atomic E-state index is -0.193. The fourth-order valence-corrected chi connectivity index (χ4v) is 4.63. The third-order valence-electron chi connectivity index (χ3n) is 6.38. The molecule has 34 heavy (non-hydrogen) atoms. The van der Waals surface area contributed by atoms with Crippen molar-refractivity contribution in [2.45, 2.75) is 39.2 Å². The maximum absolute atomic E-state index is 12.7. The summed E-state index contributed by atoms with van der Waals surface area (Å²) in [6.45, 7) is 7.37. The second kappa shape index (κ2) is 9.56. The van der Waals surface area contributed by atoms with Gasteiger partial charge in [-0.3, -0.25) is 4.79 Å². The van der Waals surface area contributed by atoms with E-state index in [9.17, 15) is 4.79 Å². The molecule has 4 heterocycles. The molecule has 5 rings (SSSR count). The summed E-state index contributed by atoms with van der Waals surface area (Å²) >= 11 is 6.52. The molecule has 0 bridgehead atoms. The van der Waals surface area contributed by atoms with Crippen LogP contribution in [0, 0.1) is 6.92 Å². The summed E-state index contributed by atoms with van der Waals surface area (Å²) in [5, 5.41) is 8.98. The van der Waals surface area contributed by atoms with Gasteiger partial charge >= 0.3 is 0 Å². The smallest absolute Gasteiger partial charge is 0.258 e. The first kappa shape index (κ1) is 22.6. The molecule has 1 aliphatic heterocycles. The van der Waals surface area contributed by atoms with Gasteiger partial charge in [0.2, 0.25) is 0 Å². The van der Waals surface area contributed by atoms with Crippen LogP contribution in [-0.4, -0.2) is 55.3 Å². The molecule has 1 aliphatic rings. The molecule has 0 radical (unpaired) electrons. The van der Waals surface area contributed by atoms with Crippen molar-refractivity contribution in [2.24, 2.45) is 0 Å². The first-order valence-corrected chi connectivity index (χ1v) is 12.0. The van der Waals surface area contributed by atoms with E-state index < -0.39 is 0 Å². The van der Waals surface area contributed by atoms with Gasteiger partial charge < -0.3 is 15.2 Å². The molecule has 8 nitrogen and oxygen atoms in total. The quantitative estimate of drug-likeness (QED) is 0.437. The van der Waals surface area contributed by atoms with Crippen LogP contribution in [0.3, 0.4) is 0 Å². The highest BCUT2D eigenvalue weighted by molar-refractivity contribution is 6.34. The number of aromatic nitrogens is 5. The van der Waals surface area contributed by atoms with Gasteiger partial charge in [-0.15, -0.1) is 0 Å². The Hall–Kier alpha value is -3.23. The van der Waals surface area contributed by atoms with E-state index >= 15 is 0 Å². The highest BCUT2D eigenvalue weighted by Crippen LogP contribution is 2.28. The molecule has 9 heteroatoms. The van der Waals surface area contributed by atoms with Crippen molar-refractivity contribution in [1.82, 2.24) is 29.6 Å². The number of hydrogen-bond donors (Lipinski definition) is 2. The lowest BCUT2D eigenvalue weighted by atomic mass is 10.0. The Morgan fingerprint density at radius 3 is 2.71 bits per heavy atom. The van der Waals surface area contributed by atoms with Crippen molar-refractivity contribution >= 4 is 28.2 Å². The summed E-state index contributed by atoms with van der Waals surface area (Å²) in [5.74, 6) is 1.33. The Morgan fingerprint density at radius 1 is 1.21 bits per heavy atom. The fraction of sp³-hybridized carbons (Fsp3) is 0.360. The summed E-state index contributed by atoms with van der Waals surface area (Å²) in [6, 6.07) is 9.78. The van der Waals surface area contributed by atoms with Gasteiger partial charge in [0.1, 0.15) is 5.82 Å². The summed E-state index contributed by atoms with van der Waals surface area (Å²) in [4.78, 5) is 27.3. The number of nitrogens with zero attached hydrogens (tertiary/aromatic N) is 5. The van der Waals surface area contributed by atoms with E-state index in [4.69, 9.17) is 16.6 Å². The normalized spacial score (nSPS) is 15.1. The molecule has 1 fully saturated rings. The second-order valence-corrected chi connectivity index (χ2v) is 9.23. The number of piperidine rings is 1. The van der Waals surface area contributed by atoms with Crippen LogP contribution in [-0.2, 0) is 6.42 Å². The van der Waals surface area contributed by atoms with Gasteiger partial charge in [-0.05, 0) is 56.1 Å². The maximum Gasteiger partial charge on any atom is 0.258 e. The van der Waals surface area contributed by atoms with Crippen LogP contribution in [0.1, 0.15) is 36.8 Å². The van der Waals surface area contributed by atoms with Crippen LogP contribution in [0.25, 0.3) is 16.7 Å². The second-order valence-electron chi connectivity index (χ2n) is 8.82. The predicted octanol–water partition coefficient (Wildman–Crippen LogP) is 3.95. The molecular formula is C25H28ClN7O. The number of H-pyrrole nitrogens is 1. The van der Waals surface area contributed by atoms with Crippen LogP contribution >= 0.6 is 11.6 Å². The molecule has 0 aliphatic carbocycles. The minimum Gasteiger partial charge on any atom is -0.381 e. The summed E-state index contributed by atoms with van der Waals surface area (Å²) < 4.78 is 1.74. The molecule has 0 saturated carbocycles. The highest BCUT2D eigenvalue weighted by Gasteiger charge is 2.19. The molecule has 0 spiro atoms. The first-order valence-electron chi connectivity index (χ1n) is 11.7. The third-order valence-corrected chi connectivity index (χ3v) is 6.69. The number of benzene rings is 1. The number of hydrogen-bond acceptors (Lipinski definition) is 6. The van der Waals surface area contributed by atoms with Crippen LogP contribution in [0.2, 0.25) is 5.02 Å². The van der Waals surface area contributed by atoms with Crippen molar-refractivity contribution in [3.05, 3.63) is 75.2 Å². The van der Waals surface area contributed by atoms with Crippen molar-refractivity contribution < 1.29 is 0 Å². The first-order chi connectivity index (χ1) is 16.5. The van der Waals surface area contributed by atoms with Gasteiger partial charge in [0.15, 0.2) is 5.82 Å². The zero-order valence-corrected chi connectivity index (χ0v) is 20.1. The average Bonchev–Trinajstić information content (AvgIpc) is 3.27. The zero-order chi connectivity index (χ0) is 23.7. The van der Waals surface area contributed by atoms with Gasteiger partial charge in [-0.2, -0.15) is 5.10 Å². The summed E-state index contributed by atoms with van der Waals surface area (Å²) in [5.41, 5.74) is 3.15. The van der Waals surface area contributed by atoms with Gasteiger partial charge in [0.25, 0.3) is 5.56 Å². The predicted molar refractivity (Wildman–Crippen MR) is 135 cm³/mol. The van der Waals surface area contributed by atoms with E-state index in [-0.39, 0.29) is 5.56 Å². The van der Waals surface area contributed by atoms with Crippen LogP contribution in [0.5, 0.6) is 0 Å². The zero-order valence-electron chi connectivity index (χ0n) is 19.4. The van der Waals surface area contributed by atoms with Gasteiger partial charge in [0, 0.05) is 37.9 Å². The molecule has 0 unspecified atom stereocenters. The number of halogens is 1. The van der Waals surface area contributed by atoms with E-state index in [1.807, 2.05) is 37.4 Å². The lowest BCUT2D eigenvalue weighted by Crippen LogP contribution is -2.38. The number of aromatic amines is 1. The molecule has 1 aromatic carbocycles. The van der Waals surface area contributed by atoms with Crippen LogP contribution in [0.15, 0.2) is 47.5 Å². The largest absolute Gasteiger partial charge is 0.381 e. The monoisotopic (exact) mass is 477 g/mol. The standard InChI is InChI=1S/C25H28ClN7O/c1-3-32-9-7-18(8-10-32)28-22-14-21-19(13-20(22)26)25(34)30-23(29-21)12-17-4-5-24(27-15-17)33-11-6-16(2)31-33/h4-6,11,13-15,18,28H,3,7-10,12H2,1-2H3,(H,29,30,34). The van der Waals surface area contributed by atoms with E-state index in [1.54, 1.807) is 16.9 Å². The average molecular weight is 478 g/mol. The Morgan fingerprint density at radius 2 is 2.03 bits per heavy atom. The minimum absolute atomic E-state index is 0.193.